The van der Waals surface area contributed by atoms with Gasteiger partial charge in [0.25, 0.3) is 0 Å². The van der Waals surface area contributed by atoms with Crippen molar-refractivity contribution in [2.45, 2.75) is 59.5 Å². The van der Waals surface area contributed by atoms with Crippen molar-refractivity contribution in [3.63, 3.8) is 0 Å². The largest absolute Gasteiger partial charge is 0.326 e. The van der Waals surface area contributed by atoms with Crippen LogP contribution in [0, 0.1) is 20.8 Å². The second-order valence-corrected chi connectivity index (χ2v) is 6.80. The number of nitrogens with zero attached hydrogens (tertiary/aromatic N) is 2. The highest BCUT2D eigenvalue weighted by molar-refractivity contribution is 5.91. The number of benzene rings is 1. The highest BCUT2D eigenvalue weighted by atomic mass is 16.1. The van der Waals surface area contributed by atoms with E-state index < -0.39 is 0 Å². The smallest absolute Gasteiger partial charge is 0.225 e. The zero-order valence-corrected chi connectivity index (χ0v) is 16.2. The number of amides is 1. The number of rotatable bonds is 7. The minimum absolute atomic E-state index is 0.0313. The second kappa shape index (κ2) is 8.30. The first-order chi connectivity index (χ1) is 11.8. The lowest BCUT2D eigenvalue weighted by Crippen LogP contribution is -2.34. The number of para-hydroxylation sites is 1. The lowest BCUT2D eigenvalue weighted by Gasteiger charge is -2.23. The van der Waals surface area contributed by atoms with E-state index in [4.69, 9.17) is 0 Å². The summed E-state index contributed by atoms with van der Waals surface area (Å²) in [5.41, 5.74) is 5.43. The molecule has 1 amide bonds. The van der Waals surface area contributed by atoms with Gasteiger partial charge in [-0.05, 0) is 45.7 Å². The molecule has 2 atom stereocenters. The fraction of sp³-hybridized carbons (Fsp3) is 0.500. The summed E-state index contributed by atoms with van der Waals surface area (Å²) in [7, 11) is 1.97. The van der Waals surface area contributed by atoms with Gasteiger partial charge in [0.1, 0.15) is 0 Å². The average molecular weight is 342 g/mol. The summed E-state index contributed by atoms with van der Waals surface area (Å²) in [5.74, 6) is 0.0313. The van der Waals surface area contributed by atoms with E-state index >= 15 is 0 Å². The normalized spacial score (nSPS) is 13.5. The molecule has 0 aliphatic carbocycles. The quantitative estimate of drug-likeness (QED) is 0.804. The zero-order chi connectivity index (χ0) is 18.6. The lowest BCUT2D eigenvalue weighted by molar-refractivity contribution is -0.116. The van der Waals surface area contributed by atoms with Crippen LogP contribution in [-0.4, -0.2) is 21.7 Å². The standard InChI is InChI=1S/C20H30N4O/c1-7-17(20-15(4)23-24(6)16(20)5)21-14(3)12-19(25)22-18-11-9-8-10-13(18)2/h8-11,14,17,21H,7,12H2,1-6H3,(H,22,25)/t14-,17-/m0/s1. The third kappa shape index (κ3) is 4.69. The first-order valence-corrected chi connectivity index (χ1v) is 8.95. The van der Waals surface area contributed by atoms with E-state index in [0.29, 0.717) is 6.42 Å². The van der Waals surface area contributed by atoms with Crippen molar-refractivity contribution >= 4 is 11.6 Å². The van der Waals surface area contributed by atoms with E-state index in [9.17, 15) is 4.79 Å². The maximum absolute atomic E-state index is 12.4. The third-order valence-electron chi connectivity index (χ3n) is 4.72. The highest BCUT2D eigenvalue weighted by Crippen LogP contribution is 2.24. The van der Waals surface area contributed by atoms with E-state index in [1.165, 1.54) is 11.3 Å². The van der Waals surface area contributed by atoms with Crippen LogP contribution in [0.2, 0.25) is 0 Å². The van der Waals surface area contributed by atoms with Gasteiger partial charge >= 0.3 is 0 Å². The van der Waals surface area contributed by atoms with Crippen LogP contribution in [0.3, 0.4) is 0 Å². The summed E-state index contributed by atoms with van der Waals surface area (Å²) < 4.78 is 1.92. The molecule has 0 fully saturated rings. The number of nitrogens with one attached hydrogen (secondary N) is 2. The van der Waals surface area contributed by atoms with Crippen molar-refractivity contribution < 1.29 is 4.79 Å². The molecular weight excluding hydrogens is 312 g/mol. The molecule has 1 aromatic carbocycles. The summed E-state index contributed by atoms with van der Waals surface area (Å²) >= 11 is 0. The van der Waals surface area contributed by atoms with Gasteiger partial charge in [-0.1, -0.05) is 25.1 Å². The Morgan fingerprint density at radius 1 is 1.24 bits per heavy atom. The maximum Gasteiger partial charge on any atom is 0.225 e. The molecule has 2 aromatic rings. The van der Waals surface area contributed by atoms with Gasteiger partial charge in [0.15, 0.2) is 0 Å². The van der Waals surface area contributed by atoms with Gasteiger partial charge in [-0.15, -0.1) is 0 Å². The van der Waals surface area contributed by atoms with Crippen molar-refractivity contribution in [3.8, 4) is 0 Å². The molecule has 0 unspecified atom stereocenters. The SMILES string of the molecule is CC[C@H](N[C@@H](C)CC(=O)Nc1ccccc1C)c1c(C)nn(C)c1C. The molecular formula is C20H30N4O. The summed E-state index contributed by atoms with van der Waals surface area (Å²) in [6, 6.07) is 8.12. The fourth-order valence-corrected chi connectivity index (χ4v) is 3.29. The number of anilines is 1. The number of aryl methyl sites for hydroxylation is 3. The number of hydrogen-bond acceptors (Lipinski definition) is 3. The molecule has 136 valence electrons. The monoisotopic (exact) mass is 342 g/mol. The van der Waals surface area contributed by atoms with Crippen molar-refractivity contribution in [2.75, 3.05) is 5.32 Å². The Balaban J connectivity index is 1.99. The number of carbonyl (C=O) groups excluding carboxylic acids is 1. The summed E-state index contributed by atoms with van der Waals surface area (Å²) in [4.78, 5) is 12.4. The number of aromatic nitrogens is 2. The van der Waals surface area contributed by atoms with Crippen LogP contribution in [0.1, 0.15) is 55.2 Å². The minimum Gasteiger partial charge on any atom is -0.326 e. The Labute approximate surface area is 150 Å². The van der Waals surface area contributed by atoms with Crippen LogP contribution < -0.4 is 10.6 Å². The van der Waals surface area contributed by atoms with Crippen molar-refractivity contribution in [1.29, 1.82) is 0 Å². The van der Waals surface area contributed by atoms with Crippen LogP contribution in [0.5, 0.6) is 0 Å². The first kappa shape index (κ1) is 19.2. The van der Waals surface area contributed by atoms with E-state index in [2.05, 4.69) is 36.5 Å². The maximum atomic E-state index is 12.4. The predicted molar refractivity (Wildman–Crippen MR) is 103 cm³/mol. The van der Waals surface area contributed by atoms with Gasteiger partial charge in [-0.25, -0.2) is 0 Å². The minimum atomic E-state index is 0.0313. The molecule has 1 heterocycles. The Hall–Kier alpha value is -2.14. The van der Waals surface area contributed by atoms with Crippen molar-refractivity contribution in [2.24, 2.45) is 7.05 Å². The predicted octanol–water partition coefficient (Wildman–Crippen LogP) is 3.80. The lowest BCUT2D eigenvalue weighted by atomic mass is 10.0. The third-order valence-corrected chi connectivity index (χ3v) is 4.72. The molecule has 0 spiro atoms. The van der Waals surface area contributed by atoms with Gasteiger partial charge in [0.2, 0.25) is 5.91 Å². The number of carbonyl (C=O) groups is 1. The molecule has 0 radical (unpaired) electrons. The molecule has 0 saturated heterocycles. The van der Waals surface area contributed by atoms with Crippen LogP contribution in [0.15, 0.2) is 24.3 Å². The molecule has 0 aliphatic rings. The van der Waals surface area contributed by atoms with Gasteiger partial charge in [-0.3, -0.25) is 9.48 Å². The highest BCUT2D eigenvalue weighted by Gasteiger charge is 2.21. The molecule has 2 N–H and O–H groups in total. The van der Waals surface area contributed by atoms with E-state index in [1.54, 1.807) is 0 Å². The van der Waals surface area contributed by atoms with Crippen LogP contribution in [0.4, 0.5) is 5.69 Å². The molecule has 0 bridgehead atoms. The fourth-order valence-electron chi connectivity index (χ4n) is 3.29. The summed E-state index contributed by atoms with van der Waals surface area (Å²) in [5, 5.41) is 11.1. The van der Waals surface area contributed by atoms with Gasteiger partial charge < -0.3 is 10.6 Å². The number of hydrogen-bond donors (Lipinski definition) is 2. The molecule has 25 heavy (non-hydrogen) atoms. The molecule has 1 aromatic heterocycles. The Bertz CT molecular complexity index is 735. The molecule has 5 nitrogen and oxygen atoms in total. The van der Waals surface area contributed by atoms with Gasteiger partial charge in [-0.2, -0.15) is 5.10 Å². The Morgan fingerprint density at radius 3 is 2.48 bits per heavy atom. The van der Waals surface area contributed by atoms with E-state index in [1.807, 2.05) is 49.8 Å². The van der Waals surface area contributed by atoms with Crippen LogP contribution >= 0.6 is 0 Å². The molecule has 0 aliphatic heterocycles. The Kier molecular flexibility index (Phi) is 6.37. The van der Waals surface area contributed by atoms with E-state index in [0.717, 1.165) is 23.4 Å². The molecule has 2 rings (SSSR count). The summed E-state index contributed by atoms with van der Waals surface area (Å²) in [6.45, 7) is 10.3. The van der Waals surface area contributed by atoms with Crippen LogP contribution in [0.25, 0.3) is 0 Å². The zero-order valence-electron chi connectivity index (χ0n) is 16.2. The second-order valence-electron chi connectivity index (χ2n) is 6.80. The van der Waals surface area contributed by atoms with Crippen molar-refractivity contribution in [3.05, 3.63) is 46.8 Å². The Morgan fingerprint density at radius 2 is 1.92 bits per heavy atom. The van der Waals surface area contributed by atoms with Crippen LogP contribution in [-0.2, 0) is 11.8 Å². The summed E-state index contributed by atoms with van der Waals surface area (Å²) in [6.07, 6.45) is 1.39. The van der Waals surface area contributed by atoms with Gasteiger partial charge in [0.05, 0.1) is 5.69 Å². The topological polar surface area (TPSA) is 59.0 Å². The van der Waals surface area contributed by atoms with Crippen molar-refractivity contribution in [1.82, 2.24) is 15.1 Å². The molecule has 5 heteroatoms. The first-order valence-electron chi connectivity index (χ1n) is 8.95. The van der Waals surface area contributed by atoms with Gasteiger partial charge in [0, 0.05) is 42.5 Å². The van der Waals surface area contributed by atoms with E-state index in [-0.39, 0.29) is 18.0 Å². The molecule has 0 saturated carbocycles. The average Bonchev–Trinajstić information content (AvgIpc) is 2.80.